The smallest absolute Gasteiger partial charge is 0.123 e. The molecule has 1 aromatic carbocycles. The summed E-state index contributed by atoms with van der Waals surface area (Å²) in [6, 6.07) is 6.81. The summed E-state index contributed by atoms with van der Waals surface area (Å²) in [7, 11) is 2.11. The Morgan fingerprint density at radius 1 is 1.55 bits per heavy atom. The van der Waals surface area contributed by atoms with Crippen molar-refractivity contribution in [3.8, 4) is 0 Å². The third-order valence-corrected chi connectivity index (χ3v) is 2.03. The van der Waals surface area contributed by atoms with Gasteiger partial charge in [0.25, 0.3) is 0 Å². The molecule has 1 unspecified atom stereocenters. The second-order valence-corrected chi connectivity index (χ2v) is 2.86. The Labute approximate surface area is 67.8 Å². The van der Waals surface area contributed by atoms with Gasteiger partial charge in [0.2, 0.25) is 0 Å². The summed E-state index contributed by atoms with van der Waals surface area (Å²) >= 11 is 0. The van der Waals surface area contributed by atoms with Crippen LogP contribution in [0, 0.1) is 5.82 Å². The number of rotatable bonds is 2. The maximum absolute atomic E-state index is 12.7. The molecule has 0 aliphatic heterocycles. The fourth-order valence-electron chi connectivity index (χ4n) is 1.05. The van der Waals surface area contributed by atoms with Crippen LogP contribution < -0.4 is 0 Å². The Kier molecular flexibility index (Phi) is 2.69. The van der Waals surface area contributed by atoms with Gasteiger partial charge in [-0.05, 0) is 23.5 Å². The topological polar surface area (TPSA) is 0 Å². The van der Waals surface area contributed by atoms with Crippen molar-refractivity contribution in [3.63, 3.8) is 0 Å². The Morgan fingerprint density at radius 3 is 2.82 bits per heavy atom. The molecule has 1 atom stereocenters. The Balaban J connectivity index is 2.86. The van der Waals surface area contributed by atoms with Gasteiger partial charge < -0.3 is 0 Å². The number of hydrogen-bond acceptors (Lipinski definition) is 0. The average molecular weight is 150 g/mol. The highest BCUT2D eigenvalue weighted by Crippen LogP contribution is 2.15. The van der Waals surface area contributed by atoms with E-state index < -0.39 is 0 Å². The van der Waals surface area contributed by atoms with Gasteiger partial charge in [0.15, 0.2) is 0 Å². The molecule has 0 radical (unpaired) electrons. The van der Waals surface area contributed by atoms with Gasteiger partial charge in [-0.2, -0.15) is 0 Å². The molecule has 0 aliphatic rings. The lowest BCUT2D eigenvalue weighted by atomic mass is 9.79. The van der Waals surface area contributed by atoms with E-state index in [9.17, 15) is 4.39 Å². The average Bonchev–Trinajstić information content (AvgIpc) is 2.03. The first-order chi connectivity index (χ1) is 5.24. The van der Waals surface area contributed by atoms with E-state index in [-0.39, 0.29) is 5.82 Å². The molecule has 0 nitrogen and oxygen atoms in total. The predicted molar refractivity (Wildman–Crippen MR) is 48.0 cm³/mol. The molecular formula is C9H12BF. The summed E-state index contributed by atoms with van der Waals surface area (Å²) in [5, 5.41) is 0. The molecule has 0 bridgehead atoms. The maximum atomic E-state index is 12.7. The van der Waals surface area contributed by atoms with Crippen LogP contribution in [0.2, 0.25) is 0 Å². The predicted octanol–water partition coefficient (Wildman–Crippen LogP) is 1.91. The second kappa shape index (κ2) is 3.56. The van der Waals surface area contributed by atoms with Crippen LogP contribution in [-0.4, -0.2) is 7.85 Å². The molecule has 2 heteroatoms. The van der Waals surface area contributed by atoms with Crippen LogP contribution in [0.15, 0.2) is 24.3 Å². The zero-order valence-corrected chi connectivity index (χ0v) is 6.97. The third-order valence-electron chi connectivity index (χ3n) is 2.03. The summed E-state index contributed by atoms with van der Waals surface area (Å²) in [5.74, 6) is 0.327. The van der Waals surface area contributed by atoms with Crippen LogP contribution >= 0.6 is 0 Å². The molecule has 0 saturated heterocycles. The van der Waals surface area contributed by atoms with E-state index in [0.29, 0.717) is 5.82 Å². The lowest BCUT2D eigenvalue weighted by Gasteiger charge is -2.07. The zero-order valence-electron chi connectivity index (χ0n) is 6.97. The van der Waals surface area contributed by atoms with Crippen molar-refractivity contribution in [2.75, 3.05) is 0 Å². The maximum Gasteiger partial charge on any atom is 0.123 e. The highest BCUT2D eigenvalue weighted by Gasteiger charge is 2.02. The molecule has 0 aliphatic carbocycles. The molecule has 0 heterocycles. The molecule has 1 rings (SSSR count). The molecule has 0 amide bonds. The van der Waals surface area contributed by atoms with E-state index in [0.717, 1.165) is 12.0 Å². The molecular weight excluding hydrogens is 138 g/mol. The van der Waals surface area contributed by atoms with Crippen molar-refractivity contribution in [1.82, 2.24) is 0 Å². The van der Waals surface area contributed by atoms with E-state index in [2.05, 4.69) is 14.8 Å². The number of halogens is 1. The molecule has 0 spiro atoms. The van der Waals surface area contributed by atoms with Crippen LogP contribution in [-0.2, 0) is 0 Å². The van der Waals surface area contributed by atoms with Crippen molar-refractivity contribution in [2.24, 2.45) is 0 Å². The van der Waals surface area contributed by atoms with Crippen molar-refractivity contribution >= 4 is 7.85 Å². The fraction of sp³-hybridized carbons (Fsp3) is 0.333. The lowest BCUT2D eigenvalue weighted by Crippen LogP contribution is -1.95. The normalized spacial score (nSPS) is 12.9. The lowest BCUT2D eigenvalue weighted by molar-refractivity contribution is 0.624. The van der Waals surface area contributed by atoms with Crippen molar-refractivity contribution in [1.29, 1.82) is 0 Å². The number of benzene rings is 1. The summed E-state index contributed by atoms with van der Waals surface area (Å²) in [6.45, 7) is 2.11. The SMILES string of the molecule is BC(CC)c1cccc(F)c1. The van der Waals surface area contributed by atoms with Crippen molar-refractivity contribution in [3.05, 3.63) is 35.6 Å². The Bertz CT molecular complexity index is 235. The minimum Gasteiger partial charge on any atom is -0.207 e. The molecule has 0 fully saturated rings. The minimum atomic E-state index is -0.136. The Hall–Kier alpha value is -0.785. The quantitative estimate of drug-likeness (QED) is 0.565. The van der Waals surface area contributed by atoms with Gasteiger partial charge >= 0.3 is 0 Å². The van der Waals surface area contributed by atoms with Crippen molar-refractivity contribution < 1.29 is 4.39 Å². The number of hydrogen-bond donors (Lipinski definition) is 0. The van der Waals surface area contributed by atoms with Crippen molar-refractivity contribution in [2.45, 2.75) is 19.2 Å². The van der Waals surface area contributed by atoms with E-state index >= 15 is 0 Å². The fourth-order valence-corrected chi connectivity index (χ4v) is 1.05. The van der Waals surface area contributed by atoms with Gasteiger partial charge in [0.05, 0.1) is 0 Å². The summed E-state index contributed by atoms with van der Waals surface area (Å²) in [4.78, 5) is 0. The molecule has 0 saturated carbocycles. The first-order valence-corrected chi connectivity index (χ1v) is 3.99. The van der Waals surface area contributed by atoms with E-state index in [1.807, 2.05) is 6.07 Å². The van der Waals surface area contributed by atoms with Gasteiger partial charge in [-0.15, -0.1) is 0 Å². The molecule has 0 N–H and O–H groups in total. The van der Waals surface area contributed by atoms with E-state index in [1.165, 1.54) is 6.07 Å². The van der Waals surface area contributed by atoms with E-state index in [4.69, 9.17) is 0 Å². The van der Waals surface area contributed by atoms with Gasteiger partial charge in [0, 0.05) is 0 Å². The summed E-state index contributed by atoms with van der Waals surface area (Å²) < 4.78 is 12.7. The Morgan fingerprint density at radius 2 is 2.27 bits per heavy atom. The first-order valence-electron chi connectivity index (χ1n) is 3.99. The monoisotopic (exact) mass is 150 g/mol. The molecule has 1 aromatic rings. The van der Waals surface area contributed by atoms with E-state index in [1.54, 1.807) is 12.1 Å². The van der Waals surface area contributed by atoms with Crippen LogP contribution in [0.5, 0.6) is 0 Å². The second-order valence-electron chi connectivity index (χ2n) is 2.86. The van der Waals surface area contributed by atoms with Crippen LogP contribution in [0.25, 0.3) is 0 Å². The zero-order chi connectivity index (χ0) is 8.27. The van der Waals surface area contributed by atoms with Gasteiger partial charge in [-0.3, -0.25) is 0 Å². The van der Waals surface area contributed by atoms with Crippen LogP contribution in [0.1, 0.15) is 24.7 Å². The third kappa shape index (κ3) is 2.07. The summed E-state index contributed by atoms with van der Waals surface area (Å²) in [5.41, 5.74) is 1.09. The van der Waals surface area contributed by atoms with Gasteiger partial charge in [0.1, 0.15) is 13.7 Å². The first kappa shape index (κ1) is 8.31. The van der Waals surface area contributed by atoms with Crippen LogP contribution in [0.3, 0.4) is 0 Å². The van der Waals surface area contributed by atoms with Gasteiger partial charge in [-0.25, -0.2) is 4.39 Å². The molecule has 0 aromatic heterocycles. The summed E-state index contributed by atoms with van der Waals surface area (Å²) in [6.07, 6.45) is 1.06. The minimum absolute atomic E-state index is 0.136. The highest BCUT2D eigenvalue weighted by atomic mass is 19.1. The van der Waals surface area contributed by atoms with Gasteiger partial charge in [-0.1, -0.05) is 25.5 Å². The molecule has 11 heavy (non-hydrogen) atoms. The highest BCUT2D eigenvalue weighted by molar-refractivity contribution is 6.12. The largest absolute Gasteiger partial charge is 0.207 e. The molecule has 58 valence electrons. The van der Waals surface area contributed by atoms with Crippen LogP contribution in [0.4, 0.5) is 4.39 Å². The standard InChI is InChI=1S/C9H12BF/c1-2-9(10)7-4-3-5-8(11)6-7/h3-6,9H,2,10H2,1H3.